The summed E-state index contributed by atoms with van der Waals surface area (Å²) < 4.78 is 22.3. The molecule has 210 valence electrons. The SMILES string of the molecule is CCCOc1ccc(C(=O)Oc2ccc(/C=N/NC(=O)c3ccccc3OCc3ccc(Cl)cc3)cc2OC)cc1. The number of para-hydroxylation sites is 1. The molecular weight excluding hydrogens is 544 g/mol. The molecule has 0 saturated heterocycles. The molecule has 0 radical (unpaired) electrons. The van der Waals surface area contributed by atoms with Crippen LogP contribution in [-0.4, -0.2) is 31.8 Å². The second kappa shape index (κ2) is 14.5. The van der Waals surface area contributed by atoms with E-state index >= 15 is 0 Å². The van der Waals surface area contributed by atoms with Crippen LogP contribution in [0, 0.1) is 0 Å². The summed E-state index contributed by atoms with van der Waals surface area (Å²) in [7, 11) is 1.47. The fourth-order valence-corrected chi connectivity index (χ4v) is 3.79. The number of methoxy groups -OCH3 is 1. The van der Waals surface area contributed by atoms with Crippen LogP contribution in [0.3, 0.4) is 0 Å². The van der Waals surface area contributed by atoms with E-state index in [1.54, 1.807) is 78.9 Å². The molecule has 0 bridgehead atoms. The number of hydrogen-bond acceptors (Lipinski definition) is 7. The van der Waals surface area contributed by atoms with E-state index in [-0.39, 0.29) is 12.4 Å². The average molecular weight is 573 g/mol. The largest absolute Gasteiger partial charge is 0.494 e. The minimum Gasteiger partial charge on any atom is -0.494 e. The molecule has 0 atom stereocenters. The summed E-state index contributed by atoms with van der Waals surface area (Å²) in [6, 6.07) is 25.8. The van der Waals surface area contributed by atoms with Crippen LogP contribution in [0.25, 0.3) is 0 Å². The van der Waals surface area contributed by atoms with Crippen molar-refractivity contribution >= 4 is 29.7 Å². The van der Waals surface area contributed by atoms with Crippen LogP contribution in [0.1, 0.15) is 45.2 Å². The fourth-order valence-electron chi connectivity index (χ4n) is 3.66. The summed E-state index contributed by atoms with van der Waals surface area (Å²) in [4.78, 5) is 25.4. The first-order chi connectivity index (χ1) is 20.0. The number of benzene rings is 4. The first-order valence-electron chi connectivity index (χ1n) is 12.9. The maximum Gasteiger partial charge on any atom is 0.343 e. The summed E-state index contributed by atoms with van der Waals surface area (Å²) in [5.74, 6) is 0.721. The van der Waals surface area contributed by atoms with Gasteiger partial charge >= 0.3 is 5.97 Å². The fraction of sp³-hybridized carbons (Fsp3) is 0.156. The van der Waals surface area contributed by atoms with Gasteiger partial charge in [0.25, 0.3) is 5.91 Å². The van der Waals surface area contributed by atoms with Crippen molar-refractivity contribution in [1.82, 2.24) is 5.43 Å². The van der Waals surface area contributed by atoms with Gasteiger partial charge < -0.3 is 18.9 Å². The van der Waals surface area contributed by atoms with Gasteiger partial charge in [-0.3, -0.25) is 4.79 Å². The van der Waals surface area contributed by atoms with E-state index < -0.39 is 11.9 Å². The van der Waals surface area contributed by atoms with Crippen molar-refractivity contribution in [1.29, 1.82) is 0 Å². The maximum absolute atomic E-state index is 12.8. The number of ether oxygens (including phenoxy) is 4. The number of hydrazone groups is 1. The van der Waals surface area contributed by atoms with E-state index in [4.69, 9.17) is 30.5 Å². The van der Waals surface area contributed by atoms with E-state index in [1.807, 2.05) is 19.1 Å². The summed E-state index contributed by atoms with van der Waals surface area (Å²) >= 11 is 5.93. The third kappa shape index (κ3) is 8.33. The third-order valence-electron chi connectivity index (χ3n) is 5.77. The lowest BCUT2D eigenvalue weighted by Crippen LogP contribution is -2.18. The second-order valence-corrected chi connectivity index (χ2v) is 9.22. The highest BCUT2D eigenvalue weighted by Gasteiger charge is 2.14. The number of carbonyl (C=O) groups excluding carboxylic acids is 2. The molecular formula is C32H29ClN2O6. The molecule has 0 aliphatic carbocycles. The quantitative estimate of drug-likeness (QED) is 0.0878. The molecule has 0 aliphatic rings. The van der Waals surface area contributed by atoms with Gasteiger partial charge in [0, 0.05) is 5.02 Å². The number of halogens is 1. The van der Waals surface area contributed by atoms with Crippen molar-refractivity contribution in [2.24, 2.45) is 5.10 Å². The molecule has 1 amide bonds. The standard InChI is InChI=1S/C32H29ClN2O6/c1-3-18-39-26-15-11-24(12-16-26)32(37)41-29-17-10-23(19-30(29)38-2)20-34-35-31(36)27-6-4-5-7-28(27)40-21-22-8-13-25(33)14-9-22/h4-17,19-20H,3,18,21H2,1-2H3,(H,35,36)/b34-20+. The molecule has 4 rings (SSSR count). The Kier molecular flexibility index (Phi) is 10.3. The van der Waals surface area contributed by atoms with Crippen LogP contribution in [0.15, 0.2) is 96.1 Å². The molecule has 0 unspecified atom stereocenters. The van der Waals surface area contributed by atoms with E-state index in [0.29, 0.717) is 45.6 Å². The monoisotopic (exact) mass is 572 g/mol. The number of carbonyl (C=O) groups is 2. The van der Waals surface area contributed by atoms with Crippen LogP contribution in [0.5, 0.6) is 23.0 Å². The Morgan fingerprint density at radius 1 is 0.878 bits per heavy atom. The van der Waals surface area contributed by atoms with Gasteiger partial charge in [-0.15, -0.1) is 0 Å². The van der Waals surface area contributed by atoms with Gasteiger partial charge in [0.05, 0.1) is 31.1 Å². The van der Waals surface area contributed by atoms with E-state index in [0.717, 1.165) is 12.0 Å². The minimum absolute atomic E-state index is 0.247. The molecule has 0 aliphatic heterocycles. The topological polar surface area (TPSA) is 95.5 Å². The molecule has 4 aromatic rings. The highest BCUT2D eigenvalue weighted by molar-refractivity contribution is 6.30. The van der Waals surface area contributed by atoms with Crippen LogP contribution < -0.4 is 24.4 Å². The summed E-state index contributed by atoms with van der Waals surface area (Å²) in [6.07, 6.45) is 2.35. The predicted octanol–water partition coefficient (Wildman–Crippen LogP) is 6.70. The molecule has 0 spiro atoms. The van der Waals surface area contributed by atoms with Crippen molar-refractivity contribution in [3.8, 4) is 23.0 Å². The minimum atomic E-state index is -0.532. The molecule has 0 heterocycles. The second-order valence-electron chi connectivity index (χ2n) is 8.78. The molecule has 0 aromatic heterocycles. The lowest BCUT2D eigenvalue weighted by molar-refractivity contribution is 0.0729. The Bertz CT molecular complexity index is 1500. The summed E-state index contributed by atoms with van der Waals surface area (Å²) in [5.41, 5.74) is 4.76. The Morgan fingerprint density at radius 2 is 1.63 bits per heavy atom. The van der Waals surface area contributed by atoms with Gasteiger partial charge in [-0.05, 0) is 84.3 Å². The van der Waals surface area contributed by atoms with Crippen molar-refractivity contribution < 1.29 is 28.5 Å². The number of nitrogens with zero attached hydrogens (tertiary/aromatic N) is 1. The number of rotatable bonds is 12. The van der Waals surface area contributed by atoms with Gasteiger partial charge in [0.15, 0.2) is 11.5 Å². The Balaban J connectivity index is 1.36. The van der Waals surface area contributed by atoms with Crippen molar-refractivity contribution in [3.05, 3.63) is 118 Å². The molecule has 0 saturated carbocycles. The highest BCUT2D eigenvalue weighted by Crippen LogP contribution is 2.29. The predicted molar refractivity (Wildman–Crippen MR) is 157 cm³/mol. The van der Waals surface area contributed by atoms with Gasteiger partial charge in [-0.1, -0.05) is 42.8 Å². The maximum atomic E-state index is 12.8. The van der Waals surface area contributed by atoms with E-state index in [2.05, 4.69) is 10.5 Å². The van der Waals surface area contributed by atoms with Crippen LogP contribution in [0.2, 0.25) is 5.02 Å². The van der Waals surface area contributed by atoms with Crippen molar-refractivity contribution in [2.75, 3.05) is 13.7 Å². The molecule has 9 heteroatoms. The smallest absolute Gasteiger partial charge is 0.343 e. The van der Waals surface area contributed by atoms with Crippen LogP contribution in [0.4, 0.5) is 0 Å². The molecule has 0 fully saturated rings. The van der Waals surface area contributed by atoms with E-state index in [1.165, 1.54) is 13.3 Å². The average Bonchev–Trinajstić information content (AvgIpc) is 3.00. The van der Waals surface area contributed by atoms with Crippen molar-refractivity contribution in [2.45, 2.75) is 20.0 Å². The third-order valence-corrected chi connectivity index (χ3v) is 6.02. The van der Waals surface area contributed by atoms with Gasteiger partial charge in [-0.2, -0.15) is 5.10 Å². The van der Waals surface area contributed by atoms with Gasteiger partial charge in [-0.25, -0.2) is 10.2 Å². The first-order valence-corrected chi connectivity index (χ1v) is 13.3. The summed E-state index contributed by atoms with van der Waals surface area (Å²) in [6.45, 7) is 2.90. The zero-order valence-corrected chi connectivity index (χ0v) is 23.4. The molecule has 8 nitrogen and oxygen atoms in total. The lowest BCUT2D eigenvalue weighted by Gasteiger charge is -2.11. The number of amides is 1. The Hall–Kier alpha value is -4.82. The number of hydrogen-bond donors (Lipinski definition) is 1. The highest BCUT2D eigenvalue weighted by atomic mass is 35.5. The van der Waals surface area contributed by atoms with Crippen molar-refractivity contribution in [3.63, 3.8) is 0 Å². The van der Waals surface area contributed by atoms with Crippen LogP contribution in [-0.2, 0) is 6.61 Å². The summed E-state index contributed by atoms with van der Waals surface area (Å²) in [5, 5.41) is 4.70. The number of esters is 1. The zero-order chi connectivity index (χ0) is 29.0. The molecule has 1 N–H and O–H groups in total. The zero-order valence-electron chi connectivity index (χ0n) is 22.6. The van der Waals surface area contributed by atoms with E-state index in [9.17, 15) is 9.59 Å². The molecule has 41 heavy (non-hydrogen) atoms. The lowest BCUT2D eigenvalue weighted by atomic mass is 10.2. The Labute approximate surface area is 243 Å². The van der Waals surface area contributed by atoms with Gasteiger partial charge in [0.1, 0.15) is 18.1 Å². The van der Waals surface area contributed by atoms with Crippen LogP contribution >= 0.6 is 11.6 Å². The normalized spacial score (nSPS) is 10.7. The molecule has 4 aromatic carbocycles. The number of nitrogens with one attached hydrogen (secondary N) is 1. The Morgan fingerprint density at radius 3 is 2.37 bits per heavy atom. The van der Waals surface area contributed by atoms with Gasteiger partial charge in [0.2, 0.25) is 0 Å². The first kappa shape index (κ1) is 29.2.